The highest BCUT2D eigenvalue weighted by molar-refractivity contribution is 5.23. The molecule has 1 saturated heterocycles. The maximum Gasteiger partial charge on any atom is 0.318 e. The Labute approximate surface area is 83.3 Å². The summed E-state index contributed by atoms with van der Waals surface area (Å²) in [7, 11) is 0. The van der Waals surface area contributed by atoms with Gasteiger partial charge in [0.25, 0.3) is 0 Å². The molecule has 2 rings (SSSR count). The van der Waals surface area contributed by atoms with E-state index in [1.165, 1.54) is 25.7 Å². The molecule has 0 radical (unpaired) electrons. The Morgan fingerprint density at radius 1 is 1.14 bits per heavy atom. The summed E-state index contributed by atoms with van der Waals surface area (Å²) in [6, 6.07) is 0.632. The Morgan fingerprint density at radius 2 is 1.86 bits per heavy atom. The van der Waals surface area contributed by atoms with Gasteiger partial charge >= 0.3 is 6.01 Å². The molecule has 0 saturated carbocycles. The zero-order chi connectivity index (χ0) is 9.80. The van der Waals surface area contributed by atoms with Crippen LogP contribution >= 0.6 is 0 Å². The highest BCUT2D eigenvalue weighted by Crippen LogP contribution is 2.17. The minimum absolute atomic E-state index is 0.320. The Balaban J connectivity index is 2.04. The summed E-state index contributed by atoms with van der Waals surface area (Å²) in [6.45, 7) is 2.36. The quantitative estimate of drug-likeness (QED) is 0.761. The summed E-state index contributed by atoms with van der Waals surface area (Å²) in [5.74, 6) is 0.518. The summed E-state index contributed by atoms with van der Waals surface area (Å²) in [5.41, 5.74) is 5.41. The molecular weight excluding hydrogens is 180 g/mol. The minimum Gasteiger partial charge on any atom is -0.407 e. The molecule has 78 valence electrons. The van der Waals surface area contributed by atoms with Crippen molar-refractivity contribution in [3.63, 3.8) is 0 Å². The second kappa shape index (κ2) is 4.41. The molecule has 0 unspecified atom stereocenters. The first-order valence-electron chi connectivity index (χ1n) is 5.17. The van der Waals surface area contributed by atoms with Gasteiger partial charge in [0, 0.05) is 13.1 Å². The van der Waals surface area contributed by atoms with Gasteiger partial charge in [0.1, 0.15) is 0 Å². The van der Waals surface area contributed by atoms with Crippen molar-refractivity contribution < 1.29 is 4.42 Å². The highest BCUT2D eigenvalue weighted by atomic mass is 16.4. The summed E-state index contributed by atoms with van der Waals surface area (Å²) >= 11 is 0. The van der Waals surface area contributed by atoms with Crippen LogP contribution in [0.5, 0.6) is 0 Å². The predicted molar refractivity (Wildman–Crippen MR) is 52.9 cm³/mol. The van der Waals surface area contributed by atoms with Crippen molar-refractivity contribution in [3.05, 3.63) is 5.89 Å². The smallest absolute Gasteiger partial charge is 0.318 e. The van der Waals surface area contributed by atoms with Crippen molar-refractivity contribution in [1.82, 2.24) is 10.2 Å². The molecule has 0 bridgehead atoms. The van der Waals surface area contributed by atoms with Gasteiger partial charge in [-0.15, -0.1) is 5.10 Å². The second-order valence-corrected chi connectivity index (χ2v) is 3.58. The molecule has 5 nitrogen and oxygen atoms in total. The van der Waals surface area contributed by atoms with Crippen molar-refractivity contribution >= 4 is 6.01 Å². The Bertz CT molecular complexity index is 278. The predicted octanol–water partition coefficient (Wildman–Crippen LogP) is 0.909. The first-order chi connectivity index (χ1) is 6.90. The lowest BCUT2D eigenvalue weighted by atomic mass is 10.2. The van der Waals surface area contributed by atoms with Crippen LogP contribution in [0.2, 0.25) is 0 Å². The lowest BCUT2D eigenvalue weighted by Crippen LogP contribution is -2.24. The van der Waals surface area contributed by atoms with Crippen molar-refractivity contribution in [3.8, 4) is 0 Å². The largest absolute Gasteiger partial charge is 0.407 e. The summed E-state index contributed by atoms with van der Waals surface area (Å²) in [6.07, 6.45) is 5.02. The third kappa shape index (κ3) is 2.04. The minimum atomic E-state index is 0.320. The molecule has 1 fully saturated rings. The van der Waals surface area contributed by atoms with E-state index >= 15 is 0 Å². The van der Waals surface area contributed by atoms with E-state index < -0.39 is 0 Å². The molecule has 2 N–H and O–H groups in total. The molecule has 0 aromatic carbocycles. The van der Waals surface area contributed by atoms with E-state index in [1.54, 1.807) is 0 Å². The number of nitrogens with two attached hydrogens (primary N) is 1. The molecule has 0 aliphatic carbocycles. The van der Waals surface area contributed by atoms with Crippen LogP contribution in [0.1, 0.15) is 31.6 Å². The van der Waals surface area contributed by atoms with E-state index in [4.69, 9.17) is 10.2 Å². The first kappa shape index (κ1) is 9.45. The summed E-state index contributed by atoms with van der Waals surface area (Å²) < 4.78 is 5.41. The number of hydrogen-bond acceptors (Lipinski definition) is 5. The van der Waals surface area contributed by atoms with Crippen LogP contribution in [0.4, 0.5) is 6.01 Å². The number of rotatable bonds is 2. The lowest BCUT2D eigenvalue weighted by molar-refractivity contribution is 0.485. The first-order valence-corrected chi connectivity index (χ1v) is 5.17. The standard InChI is InChI=1S/C9H16N4O/c10-7-8-11-12-9(14-8)13-5-3-1-2-4-6-13/h1-7,10H2. The number of hydrogen-bond donors (Lipinski definition) is 1. The fourth-order valence-electron chi connectivity index (χ4n) is 1.72. The van der Waals surface area contributed by atoms with Gasteiger partial charge in [0.2, 0.25) is 5.89 Å². The van der Waals surface area contributed by atoms with Gasteiger partial charge in [-0.3, -0.25) is 0 Å². The average Bonchev–Trinajstić information content (AvgIpc) is 2.53. The average molecular weight is 196 g/mol. The summed E-state index contributed by atoms with van der Waals surface area (Å²) in [5, 5.41) is 7.84. The monoisotopic (exact) mass is 196 g/mol. The van der Waals surface area contributed by atoms with Crippen molar-refractivity contribution in [2.24, 2.45) is 5.73 Å². The van der Waals surface area contributed by atoms with Gasteiger partial charge in [-0.2, -0.15) is 0 Å². The zero-order valence-electron chi connectivity index (χ0n) is 8.28. The molecule has 2 heterocycles. The Hall–Kier alpha value is -1.10. The number of anilines is 1. The topological polar surface area (TPSA) is 68.2 Å². The molecule has 0 atom stereocenters. The van der Waals surface area contributed by atoms with Crippen molar-refractivity contribution in [2.45, 2.75) is 32.2 Å². The van der Waals surface area contributed by atoms with Crippen molar-refractivity contribution in [2.75, 3.05) is 18.0 Å². The molecule has 0 amide bonds. The van der Waals surface area contributed by atoms with Gasteiger partial charge in [0.05, 0.1) is 6.54 Å². The van der Waals surface area contributed by atoms with Gasteiger partial charge in [-0.05, 0) is 12.8 Å². The van der Waals surface area contributed by atoms with Crippen molar-refractivity contribution in [1.29, 1.82) is 0 Å². The summed E-state index contributed by atoms with van der Waals surface area (Å²) in [4.78, 5) is 2.15. The maximum atomic E-state index is 5.41. The Morgan fingerprint density at radius 3 is 2.43 bits per heavy atom. The molecule has 14 heavy (non-hydrogen) atoms. The normalized spacial score (nSPS) is 18.2. The number of nitrogens with zero attached hydrogens (tertiary/aromatic N) is 3. The Kier molecular flexibility index (Phi) is 2.98. The molecular formula is C9H16N4O. The van der Waals surface area contributed by atoms with Gasteiger partial charge in [-0.1, -0.05) is 17.9 Å². The third-order valence-electron chi connectivity index (χ3n) is 2.51. The van der Waals surface area contributed by atoms with Crippen LogP contribution in [-0.4, -0.2) is 23.3 Å². The highest BCUT2D eigenvalue weighted by Gasteiger charge is 2.15. The van der Waals surface area contributed by atoms with E-state index in [1.807, 2.05) is 0 Å². The fraction of sp³-hybridized carbons (Fsp3) is 0.778. The molecule has 5 heteroatoms. The SMILES string of the molecule is NCc1nnc(N2CCCCCC2)o1. The molecule has 0 spiro atoms. The van der Waals surface area contributed by atoms with Crippen LogP contribution in [0.25, 0.3) is 0 Å². The van der Waals surface area contributed by atoms with E-state index in [0.717, 1.165) is 13.1 Å². The zero-order valence-corrected chi connectivity index (χ0v) is 8.28. The molecule has 1 aliphatic heterocycles. The molecule has 1 aromatic heterocycles. The fourth-order valence-corrected chi connectivity index (χ4v) is 1.72. The molecule has 1 aromatic rings. The van der Waals surface area contributed by atoms with Gasteiger partial charge in [0.15, 0.2) is 0 Å². The third-order valence-corrected chi connectivity index (χ3v) is 2.51. The van der Waals surface area contributed by atoms with E-state index in [9.17, 15) is 0 Å². The van der Waals surface area contributed by atoms with E-state index in [2.05, 4.69) is 15.1 Å². The van der Waals surface area contributed by atoms with Crippen LogP contribution in [0, 0.1) is 0 Å². The van der Waals surface area contributed by atoms with E-state index in [-0.39, 0.29) is 0 Å². The van der Waals surface area contributed by atoms with Crippen LogP contribution in [0.15, 0.2) is 4.42 Å². The van der Waals surface area contributed by atoms with E-state index in [0.29, 0.717) is 18.5 Å². The second-order valence-electron chi connectivity index (χ2n) is 3.58. The van der Waals surface area contributed by atoms with Crippen LogP contribution in [0.3, 0.4) is 0 Å². The van der Waals surface area contributed by atoms with Crippen LogP contribution in [-0.2, 0) is 6.54 Å². The van der Waals surface area contributed by atoms with Gasteiger partial charge in [-0.25, -0.2) is 0 Å². The molecule has 1 aliphatic rings. The van der Waals surface area contributed by atoms with Gasteiger partial charge < -0.3 is 15.1 Å². The lowest BCUT2D eigenvalue weighted by Gasteiger charge is -2.16. The number of aromatic nitrogens is 2. The maximum absolute atomic E-state index is 5.41. The van der Waals surface area contributed by atoms with Crippen LogP contribution < -0.4 is 10.6 Å².